The van der Waals surface area contributed by atoms with Gasteiger partial charge in [0.15, 0.2) is 0 Å². The Balaban J connectivity index is 1.58. The van der Waals surface area contributed by atoms with Crippen LogP contribution in [-0.2, 0) is 32.9 Å². The van der Waals surface area contributed by atoms with E-state index >= 15 is 0 Å². The SMILES string of the molecule is NC(=O)c1ccc(COC(=O)c2ccc(CN3CC(=O)NS3(=O)=O)cc2)s1. The van der Waals surface area contributed by atoms with Crippen LogP contribution in [0, 0.1) is 0 Å². The molecule has 2 heterocycles. The first-order valence-corrected chi connectivity index (χ1v) is 9.95. The summed E-state index contributed by atoms with van der Waals surface area (Å²) in [5.41, 5.74) is 6.09. The topological polar surface area (TPSA) is 136 Å². The second kappa shape index (κ2) is 7.47. The van der Waals surface area contributed by atoms with E-state index in [2.05, 4.69) is 0 Å². The van der Waals surface area contributed by atoms with E-state index in [4.69, 9.17) is 10.5 Å². The maximum atomic E-state index is 12.1. The number of primary amides is 1. The second-order valence-corrected chi connectivity index (χ2v) is 8.54. The van der Waals surface area contributed by atoms with Crippen molar-refractivity contribution in [3.63, 3.8) is 0 Å². The molecule has 9 nitrogen and oxygen atoms in total. The average Bonchev–Trinajstić information content (AvgIpc) is 3.17. The third-order valence-electron chi connectivity index (χ3n) is 3.70. The van der Waals surface area contributed by atoms with Gasteiger partial charge in [0.05, 0.1) is 17.0 Å². The van der Waals surface area contributed by atoms with Gasteiger partial charge in [-0.05, 0) is 29.8 Å². The Morgan fingerprint density at radius 3 is 2.44 bits per heavy atom. The molecule has 0 radical (unpaired) electrons. The molecule has 3 rings (SSSR count). The van der Waals surface area contributed by atoms with Crippen molar-refractivity contribution < 1.29 is 27.5 Å². The number of carbonyl (C=O) groups excluding carboxylic acids is 3. The van der Waals surface area contributed by atoms with Crippen molar-refractivity contribution in [1.82, 2.24) is 9.03 Å². The zero-order valence-electron chi connectivity index (χ0n) is 13.9. The Hall–Kier alpha value is -2.76. The third kappa shape index (κ3) is 4.51. The summed E-state index contributed by atoms with van der Waals surface area (Å²) in [5.74, 6) is -1.67. The monoisotopic (exact) mass is 409 g/mol. The van der Waals surface area contributed by atoms with Crippen molar-refractivity contribution in [2.24, 2.45) is 5.73 Å². The van der Waals surface area contributed by atoms with Gasteiger partial charge in [-0.15, -0.1) is 11.3 Å². The maximum Gasteiger partial charge on any atom is 0.338 e. The zero-order chi connectivity index (χ0) is 19.6. The number of rotatable bonds is 6. The van der Waals surface area contributed by atoms with E-state index < -0.39 is 28.0 Å². The molecule has 0 bridgehead atoms. The molecule has 1 aliphatic heterocycles. The van der Waals surface area contributed by atoms with E-state index in [9.17, 15) is 22.8 Å². The molecule has 1 aromatic heterocycles. The number of nitrogens with two attached hydrogens (primary N) is 1. The van der Waals surface area contributed by atoms with Crippen LogP contribution in [0.3, 0.4) is 0 Å². The minimum Gasteiger partial charge on any atom is -0.456 e. The Bertz CT molecular complexity index is 997. The van der Waals surface area contributed by atoms with Gasteiger partial charge in [0.25, 0.3) is 5.91 Å². The summed E-state index contributed by atoms with van der Waals surface area (Å²) in [6, 6.07) is 9.43. The fourth-order valence-corrected chi connectivity index (χ4v) is 4.25. The minimum atomic E-state index is -3.79. The van der Waals surface area contributed by atoms with E-state index in [-0.39, 0.29) is 19.7 Å². The fraction of sp³-hybridized carbons (Fsp3) is 0.188. The number of ether oxygens (including phenoxy) is 1. The predicted octanol–water partition coefficient (Wildman–Crippen LogP) is 0.381. The molecule has 0 atom stereocenters. The standard InChI is InChI=1S/C16H15N3O6S2/c17-15(21)13-6-5-12(26-13)9-25-16(22)11-3-1-10(2-4-11)7-19-8-14(20)18-27(19,23)24/h1-6H,7-9H2,(H2,17,21)(H,18,20). The third-order valence-corrected chi connectivity index (χ3v) is 6.20. The van der Waals surface area contributed by atoms with Crippen molar-refractivity contribution in [2.45, 2.75) is 13.2 Å². The Kier molecular flexibility index (Phi) is 5.26. The maximum absolute atomic E-state index is 12.1. The predicted molar refractivity (Wildman–Crippen MR) is 95.9 cm³/mol. The lowest BCUT2D eigenvalue weighted by Gasteiger charge is -2.12. The molecule has 0 saturated carbocycles. The number of esters is 1. The van der Waals surface area contributed by atoms with Crippen LogP contribution in [0.15, 0.2) is 36.4 Å². The number of benzene rings is 1. The highest BCUT2D eigenvalue weighted by molar-refractivity contribution is 7.88. The molecular formula is C16H15N3O6S2. The quantitative estimate of drug-likeness (QED) is 0.662. The van der Waals surface area contributed by atoms with Crippen molar-refractivity contribution in [3.05, 3.63) is 57.3 Å². The summed E-state index contributed by atoms with van der Waals surface area (Å²) < 4.78 is 31.5. The summed E-state index contributed by atoms with van der Waals surface area (Å²) in [7, 11) is -3.79. The Morgan fingerprint density at radius 2 is 1.89 bits per heavy atom. The van der Waals surface area contributed by atoms with E-state index in [1.54, 1.807) is 24.3 Å². The van der Waals surface area contributed by atoms with Crippen molar-refractivity contribution in [2.75, 3.05) is 6.54 Å². The lowest BCUT2D eigenvalue weighted by atomic mass is 10.1. The van der Waals surface area contributed by atoms with Gasteiger partial charge in [-0.25, -0.2) is 9.52 Å². The largest absolute Gasteiger partial charge is 0.456 e. The molecule has 3 N–H and O–H groups in total. The van der Waals surface area contributed by atoms with E-state index in [1.807, 2.05) is 4.72 Å². The van der Waals surface area contributed by atoms with E-state index in [1.165, 1.54) is 12.1 Å². The highest BCUT2D eigenvalue weighted by Gasteiger charge is 2.33. The highest BCUT2D eigenvalue weighted by atomic mass is 32.2. The van der Waals surface area contributed by atoms with Gasteiger partial charge in [-0.2, -0.15) is 12.7 Å². The molecule has 1 saturated heterocycles. The van der Waals surface area contributed by atoms with Gasteiger partial charge >= 0.3 is 16.2 Å². The van der Waals surface area contributed by atoms with E-state index in [0.717, 1.165) is 15.6 Å². The summed E-state index contributed by atoms with van der Waals surface area (Å²) in [6.45, 7) is -0.208. The van der Waals surface area contributed by atoms with Crippen LogP contribution in [0.1, 0.15) is 30.5 Å². The lowest BCUT2D eigenvalue weighted by molar-refractivity contribution is -0.118. The molecule has 1 fully saturated rings. The van der Waals surface area contributed by atoms with Crippen LogP contribution in [0.2, 0.25) is 0 Å². The number of amides is 2. The summed E-state index contributed by atoms with van der Waals surface area (Å²) in [5, 5.41) is 0. The zero-order valence-corrected chi connectivity index (χ0v) is 15.5. The van der Waals surface area contributed by atoms with Crippen LogP contribution in [0.5, 0.6) is 0 Å². The van der Waals surface area contributed by atoms with Crippen LogP contribution >= 0.6 is 11.3 Å². The molecular weight excluding hydrogens is 394 g/mol. The van der Waals surface area contributed by atoms with Crippen molar-refractivity contribution >= 4 is 39.3 Å². The first-order valence-electron chi connectivity index (χ1n) is 7.70. The summed E-state index contributed by atoms with van der Waals surface area (Å²) in [4.78, 5) is 35.4. The van der Waals surface area contributed by atoms with Crippen LogP contribution in [0.4, 0.5) is 0 Å². The second-order valence-electron chi connectivity index (χ2n) is 5.70. The molecule has 1 aromatic carbocycles. The first-order chi connectivity index (χ1) is 12.7. The van der Waals surface area contributed by atoms with Crippen molar-refractivity contribution in [3.8, 4) is 0 Å². The fourth-order valence-electron chi connectivity index (χ4n) is 2.38. The molecule has 11 heteroatoms. The molecule has 1 aliphatic rings. The molecule has 2 aromatic rings. The summed E-state index contributed by atoms with van der Waals surface area (Å²) >= 11 is 1.15. The van der Waals surface area contributed by atoms with Gasteiger partial charge in [0.2, 0.25) is 5.91 Å². The number of hydrogen-bond acceptors (Lipinski definition) is 7. The van der Waals surface area contributed by atoms with E-state index in [0.29, 0.717) is 20.9 Å². The molecule has 142 valence electrons. The number of hydrogen-bond donors (Lipinski definition) is 2. The molecule has 0 aliphatic carbocycles. The number of nitrogens with one attached hydrogen (secondary N) is 1. The molecule has 27 heavy (non-hydrogen) atoms. The smallest absolute Gasteiger partial charge is 0.338 e. The molecule has 2 amide bonds. The molecule has 0 unspecified atom stereocenters. The number of nitrogens with zero attached hydrogens (tertiary/aromatic N) is 1. The van der Waals surface area contributed by atoms with Crippen LogP contribution in [0.25, 0.3) is 0 Å². The average molecular weight is 409 g/mol. The molecule has 0 spiro atoms. The van der Waals surface area contributed by atoms with Crippen LogP contribution < -0.4 is 10.5 Å². The van der Waals surface area contributed by atoms with Gasteiger partial charge in [0, 0.05) is 11.4 Å². The van der Waals surface area contributed by atoms with Gasteiger partial charge in [-0.3, -0.25) is 9.59 Å². The van der Waals surface area contributed by atoms with Crippen LogP contribution in [-0.4, -0.2) is 37.1 Å². The Morgan fingerprint density at radius 1 is 1.19 bits per heavy atom. The Labute approximate surface area is 158 Å². The van der Waals surface area contributed by atoms with Gasteiger partial charge in [-0.1, -0.05) is 12.1 Å². The summed E-state index contributed by atoms with van der Waals surface area (Å²) in [6.07, 6.45) is 0. The first kappa shape index (κ1) is 19.0. The van der Waals surface area contributed by atoms with Crippen molar-refractivity contribution in [1.29, 1.82) is 0 Å². The normalized spacial score (nSPS) is 16.1. The lowest BCUT2D eigenvalue weighted by Crippen LogP contribution is -2.29. The number of thiophene rings is 1. The van der Waals surface area contributed by atoms with Gasteiger partial charge in [0.1, 0.15) is 6.61 Å². The number of carbonyl (C=O) groups is 3. The van der Waals surface area contributed by atoms with Gasteiger partial charge < -0.3 is 10.5 Å². The minimum absolute atomic E-state index is 0.0122. The highest BCUT2D eigenvalue weighted by Crippen LogP contribution is 2.18.